The van der Waals surface area contributed by atoms with Gasteiger partial charge in [0.1, 0.15) is 0 Å². The second-order valence-electron chi connectivity index (χ2n) is 5.17. The Morgan fingerprint density at radius 2 is 1.43 bits per heavy atom. The van der Waals surface area contributed by atoms with Gasteiger partial charge in [0.2, 0.25) is 7.29 Å². The molecule has 3 nitrogen and oxygen atoms in total. The zero-order chi connectivity index (χ0) is 16.1. The van der Waals surface area contributed by atoms with Gasteiger partial charge in [-0.1, -0.05) is 42.5 Å². The van der Waals surface area contributed by atoms with Crippen molar-refractivity contribution in [3.63, 3.8) is 0 Å². The van der Waals surface area contributed by atoms with E-state index >= 15 is 0 Å². The van der Waals surface area contributed by atoms with E-state index in [9.17, 15) is 4.57 Å². The van der Waals surface area contributed by atoms with Gasteiger partial charge in [-0.15, -0.1) is 0 Å². The number of rotatable bonds is 4. The second-order valence-corrected chi connectivity index (χ2v) is 7.56. The molecule has 0 saturated heterocycles. The van der Waals surface area contributed by atoms with E-state index in [0.29, 0.717) is 5.71 Å². The molecule has 0 saturated carbocycles. The Morgan fingerprint density at radius 1 is 0.870 bits per heavy atom. The average molecular weight is 320 g/mol. The highest BCUT2D eigenvalue weighted by Gasteiger charge is 2.26. The molecule has 0 fully saturated rings. The van der Waals surface area contributed by atoms with Gasteiger partial charge in [0, 0.05) is 34.3 Å². The molecule has 3 rings (SSSR count). The monoisotopic (exact) mass is 320 g/mol. The number of hydrogen-bond acceptors (Lipinski definition) is 2. The molecule has 0 N–H and O–H groups in total. The van der Waals surface area contributed by atoms with E-state index in [2.05, 4.69) is 9.75 Å². The van der Waals surface area contributed by atoms with Crippen LogP contribution in [-0.4, -0.2) is 10.7 Å². The van der Waals surface area contributed by atoms with E-state index < -0.39 is 7.29 Å². The van der Waals surface area contributed by atoms with Crippen molar-refractivity contribution in [1.29, 1.82) is 0 Å². The van der Waals surface area contributed by atoms with Crippen LogP contribution in [0.1, 0.15) is 12.5 Å². The minimum atomic E-state index is -3.09. The molecular weight excluding hydrogens is 303 g/mol. The van der Waals surface area contributed by atoms with Crippen molar-refractivity contribution in [2.45, 2.75) is 6.92 Å². The highest BCUT2D eigenvalue weighted by atomic mass is 31.2. The van der Waals surface area contributed by atoms with Crippen molar-refractivity contribution >= 4 is 23.6 Å². The first-order valence-corrected chi connectivity index (χ1v) is 9.04. The van der Waals surface area contributed by atoms with Gasteiger partial charge in [-0.3, -0.25) is 9.55 Å². The Kier molecular flexibility index (Phi) is 4.50. The Balaban J connectivity index is 2.16. The molecule has 1 aromatic heterocycles. The zero-order valence-electron chi connectivity index (χ0n) is 12.8. The SMILES string of the molecule is C/C(=N\P(=O)(c1ccccc1)c1ccccc1)c1cccnc1. The maximum atomic E-state index is 13.8. The van der Waals surface area contributed by atoms with Crippen molar-refractivity contribution in [2.75, 3.05) is 0 Å². The molecule has 0 amide bonds. The second kappa shape index (κ2) is 6.72. The summed E-state index contributed by atoms with van der Waals surface area (Å²) in [5, 5.41) is 1.46. The summed E-state index contributed by atoms with van der Waals surface area (Å²) in [6, 6.07) is 22.6. The van der Waals surface area contributed by atoms with E-state index in [1.165, 1.54) is 0 Å². The number of benzene rings is 2. The third kappa shape index (κ3) is 3.30. The fourth-order valence-corrected chi connectivity index (χ4v) is 4.59. The Morgan fingerprint density at radius 3 is 1.91 bits per heavy atom. The first-order chi connectivity index (χ1) is 11.2. The van der Waals surface area contributed by atoms with Crippen molar-refractivity contribution in [2.24, 2.45) is 4.76 Å². The van der Waals surface area contributed by atoms with Crippen molar-refractivity contribution in [3.8, 4) is 0 Å². The van der Waals surface area contributed by atoms with E-state index in [1.54, 1.807) is 12.4 Å². The van der Waals surface area contributed by atoms with Crippen LogP contribution in [-0.2, 0) is 4.57 Å². The Hall–Kier alpha value is -2.51. The van der Waals surface area contributed by atoms with Crippen LogP contribution in [0.3, 0.4) is 0 Å². The summed E-state index contributed by atoms with van der Waals surface area (Å²) < 4.78 is 18.4. The molecule has 23 heavy (non-hydrogen) atoms. The third-order valence-corrected chi connectivity index (χ3v) is 6.16. The lowest BCUT2D eigenvalue weighted by atomic mass is 10.2. The largest absolute Gasteiger partial charge is 0.288 e. The van der Waals surface area contributed by atoms with Crippen molar-refractivity contribution < 1.29 is 4.57 Å². The van der Waals surface area contributed by atoms with Crippen molar-refractivity contribution in [3.05, 3.63) is 90.8 Å². The predicted octanol–water partition coefficient (Wildman–Crippen LogP) is 3.82. The quantitative estimate of drug-likeness (QED) is 0.542. The van der Waals surface area contributed by atoms with Gasteiger partial charge in [0.15, 0.2) is 0 Å². The van der Waals surface area contributed by atoms with E-state index in [0.717, 1.165) is 16.2 Å². The minimum Gasteiger partial charge on any atom is -0.288 e. The van der Waals surface area contributed by atoms with Gasteiger partial charge >= 0.3 is 0 Å². The predicted molar refractivity (Wildman–Crippen MR) is 96.2 cm³/mol. The van der Waals surface area contributed by atoms with Crippen LogP contribution in [0.5, 0.6) is 0 Å². The molecule has 0 radical (unpaired) electrons. The maximum absolute atomic E-state index is 13.8. The standard InChI is InChI=1S/C19H17N2OP/c1-16(17-9-8-14-20-15-17)21-23(22,18-10-4-2-5-11-18)19-12-6-3-7-13-19/h2-15H,1H3/b21-16+. The van der Waals surface area contributed by atoms with Gasteiger partial charge in [-0.2, -0.15) is 0 Å². The number of pyridine rings is 1. The first-order valence-electron chi connectivity index (χ1n) is 7.39. The van der Waals surface area contributed by atoms with Crippen LogP contribution in [0.2, 0.25) is 0 Å². The lowest BCUT2D eigenvalue weighted by Gasteiger charge is -2.16. The minimum absolute atomic E-state index is 0.717. The first kappa shape index (κ1) is 15.4. The van der Waals surface area contributed by atoms with Gasteiger partial charge < -0.3 is 0 Å². The molecule has 0 aliphatic rings. The lowest BCUT2D eigenvalue weighted by molar-refractivity contribution is 0.588. The van der Waals surface area contributed by atoms with Gasteiger partial charge in [-0.25, -0.2) is 4.76 Å². The summed E-state index contributed by atoms with van der Waals surface area (Å²) >= 11 is 0. The van der Waals surface area contributed by atoms with Crippen LogP contribution >= 0.6 is 7.29 Å². The van der Waals surface area contributed by atoms with Gasteiger partial charge in [0.05, 0.1) is 0 Å². The van der Waals surface area contributed by atoms with Crippen molar-refractivity contribution in [1.82, 2.24) is 4.98 Å². The maximum Gasteiger partial charge on any atom is 0.247 e. The molecule has 0 unspecified atom stereocenters. The summed E-state index contributed by atoms with van der Waals surface area (Å²) in [6.07, 6.45) is 3.45. The summed E-state index contributed by atoms with van der Waals surface area (Å²) in [5.74, 6) is 0. The van der Waals surface area contributed by atoms with Crippen LogP contribution in [0.4, 0.5) is 0 Å². The van der Waals surface area contributed by atoms with Crippen LogP contribution < -0.4 is 10.6 Å². The topological polar surface area (TPSA) is 42.3 Å². The highest BCUT2D eigenvalue weighted by Crippen LogP contribution is 2.45. The average Bonchev–Trinajstić information content (AvgIpc) is 2.64. The molecule has 4 heteroatoms. The van der Waals surface area contributed by atoms with Gasteiger partial charge in [0.25, 0.3) is 0 Å². The Labute approximate surface area is 136 Å². The molecular formula is C19H17N2OP. The summed E-state index contributed by atoms with van der Waals surface area (Å²) in [4.78, 5) is 4.11. The van der Waals surface area contributed by atoms with E-state index in [4.69, 9.17) is 0 Å². The number of aromatic nitrogens is 1. The summed E-state index contributed by atoms with van der Waals surface area (Å²) in [7, 11) is -3.09. The molecule has 0 aliphatic carbocycles. The highest BCUT2D eigenvalue weighted by molar-refractivity contribution is 7.77. The molecule has 0 aliphatic heterocycles. The summed E-state index contributed by atoms with van der Waals surface area (Å²) in [6.45, 7) is 1.87. The molecule has 2 aromatic carbocycles. The van der Waals surface area contributed by atoms with Gasteiger partial charge in [-0.05, 0) is 37.3 Å². The third-order valence-electron chi connectivity index (χ3n) is 3.58. The molecule has 1 heterocycles. The smallest absolute Gasteiger partial charge is 0.247 e. The molecule has 0 bridgehead atoms. The fraction of sp³-hybridized carbons (Fsp3) is 0.0526. The van der Waals surface area contributed by atoms with E-state index in [1.807, 2.05) is 79.7 Å². The lowest BCUT2D eigenvalue weighted by Crippen LogP contribution is -2.15. The number of hydrogen-bond donors (Lipinski definition) is 0. The fourth-order valence-electron chi connectivity index (χ4n) is 2.37. The Bertz CT molecular complexity index is 803. The summed E-state index contributed by atoms with van der Waals surface area (Å²) in [5.41, 5.74) is 1.59. The van der Waals surface area contributed by atoms with E-state index in [-0.39, 0.29) is 0 Å². The zero-order valence-corrected chi connectivity index (χ0v) is 13.7. The number of nitrogens with zero attached hydrogens (tertiary/aromatic N) is 2. The van der Waals surface area contributed by atoms with Crippen LogP contribution in [0.15, 0.2) is 90.0 Å². The van der Waals surface area contributed by atoms with Crippen LogP contribution in [0, 0.1) is 0 Å². The molecule has 0 spiro atoms. The molecule has 0 atom stereocenters. The molecule has 3 aromatic rings. The molecule has 114 valence electrons. The normalized spacial score (nSPS) is 12.1. The van der Waals surface area contributed by atoms with Crippen LogP contribution in [0.25, 0.3) is 0 Å².